The Morgan fingerprint density at radius 1 is 1.21 bits per heavy atom. The molecule has 0 saturated heterocycles. The van der Waals surface area contributed by atoms with Crippen molar-refractivity contribution >= 4 is 44.7 Å². The van der Waals surface area contributed by atoms with Crippen LogP contribution in [0.3, 0.4) is 0 Å². The molecule has 0 fully saturated rings. The van der Waals surface area contributed by atoms with E-state index in [0.29, 0.717) is 10.6 Å². The summed E-state index contributed by atoms with van der Waals surface area (Å²) in [5.41, 5.74) is 4.52. The minimum absolute atomic E-state index is 0. The van der Waals surface area contributed by atoms with Gasteiger partial charge in [0.2, 0.25) is 0 Å². The molecule has 3 N–H and O–H groups in total. The summed E-state index contributed by atoms with van der Waals surface area (Å²) < 4.78 is 0.688. The highest BCUT2D eigenvalue weighted by atomic mass is 35.5. The van der Waals surface area contributed by atoms with Crippen molar-refractivity contribution in [2.75, 3.05) is 13.6 Å². The summed E-state index contributed by atoms with van der Waals surface area (Å²) in [7, 11) is 1.95. The molecule has 1 unspecified atom stereocenters. The van der Waals surface area contributed by atoms with E-state index in [2.05, 4.69) is 41.5 Å². The highest BCUT2D eigenvalue weighted by Gasteiger charge is 2.17. The number of aromatic hydroxyl groups is 1. The number of fused-ring (bicyclic) bond motifs is 3. The number of nitrogens with one attached hydrogen (secondary N) is 2. The number of phenolic OH excluding ortho intramolecular Hbond substituents is 1. The van der Waals surface area contributed by atoms with Gasteiger partial charge in [0.05, 0.1) is 5.52 Å². The first-order valence-corrected chi connectivity index (χ1v) is 9.90. The lowest BCUT2D eigenvalue weighted by Gasteiger charge is -2.15. The first kappa shape index (κ1) is 20.4. The summed E-state index contributed by atoms with van der Waals surface area (Å²) in [5, 5.41) is 17.7. The smallest absolute Gasteiger partial charge is 0.266 e. The van der Waals surface area contributed by atoms with Gasteiger partial charge in [0, 0.05) is 22.9 Å². The molecule has 2 heterocycles. The number of phenols is 1. The van der Waals surface area contributed by atoms with Gasteiger partial charge in [0.1, 0.15) is 10.4 Å². The molecule has 0 radical (unpaired) electrons. The zero-order valence-electron chi connectivity index (χ0n) is 16.0. The summed E-state index contributed by atoms with van der Waals surface area (Å²) in [4.78, 5) is 15.4. The minimum atomic E-state index is -0.0801. The number of aromatic amines is 1. The second-order valence-electron chi connectivity index (χ2n) is 7.04. The van der Waals surface area contributed by atoms with E-state index in [1.54, 1.807) is 6.07 Å². The van der Waals surface area contributed by atoms with E-state index < -0.39 is 0 Å². The van der Waals surface area contributed by atoms with Gasteiger partial charge in [0.25, 0.3) is 5.56 Å². The topological polar surface area (TPSA) is 65.1 Å². The molecule has 4 nitrogen and oxygen atoms in total. The first-order chi connectivity index (χ1) is 13.0. The van der Waals surface area contributed by atoms with Gasteiger partial charge in [-0.3, -0.25) is 4.79 Å². The fourth-order valence-electron chi connectivity index (χ4n) is 3.78. The van der Waals surface area contributed by atoms with Crippen molar-refractivity contribution in [2.45, 2.75) is 19.8 Å². The number of likely N-dealkylation sites (N-methyl/N-ethyl adjacent to an activating group) is 1. The highest BCUT2D eigenvalue weighted by Crippen LogP contribution is 2.41. The summed E-state index contributed by atoms with van der Waals surface area (Å²) >= 11 is 1.42. The van der Waals surface area contributed by atoms with Gasteiger partial charge in [-0.25, -0.2) is 0 Å². The number of hydrogen-bond donors (Lipinski definition) is 3. The molecule has 2 aromatic carbocycles. The van der Waals surface area contributed by atoms with Crippen LogP contribution in [-0.4, -0.2) is 23.7 Å². The number of pyridine rings is 1. The van der Waals surface area contributed by atoms with Crippen LogP contribution >= 0.6 is 23.7 Å². The molecule has 146 valence electrons. The third kappa shape index (κ3) is 3.30. The summed E-state index contributed by atoms with van der Waals surface area (Å²) in [6.45, 7) is 5.00. The van der Waals surface area contributed by atoms with Gasteiger partial charge >= 0.3 is 0 Å². The molecule has 0 aliphatic carbocycles. The van der Waals surface area contributed by atoms with Crippen molar-refractivity contribution < 1.29 is 5.11 Å². The Morgan fingerprint density at radius 3 is 2.61 bits per heavy atom. The lowest BCUT2D eigenvalue weighted by atomic mass is 9.93. The monoisotopic (exact) mass is 414 g/mol. The highest BCUT2D eigenvalue weighted by molar-refractivity contribution is 7.17. The average molecular weight is 415 g/mol. The molecule has 0 aliphatic rings. The largest absolute Gasteiger partial charge is 0.507 e. The number of H-pyrrole nitrogens is 1. The zero-order chi connectivity index (χ0) is 19.1. The number of aromatic nitrogens is 1. The SMILES string of the molecule is CNCC(C)c1ccc(-c2c(O)cc(C)c3[nH]c(=O)c4sccc4c23)cc1.Cl. The lowest BCUT2D eigenvalue weighted by Crippen LogP contribution is -2.14. The Balaban J connectivity index is 0.00000225. The fraction of sp³-hybridized carbons (Fsp3) is 0.227. The van der Waals surface area contributed by atoms with Crippen LogP contribution in [0.4, 0.5) is 0 Å². The van der Waals surface area contributed by atoms with Crippen LogP contribution in [0, 0.1) is 6.92 Å². The zero-order valence-corrected chi connectivity index (χ0v) is 17.6. The first-order valence-electron chi connectivity index (χ1n) is 9.02. The fourth-order valence-corrected chi connectivity index (χ4v) is 4.57. The molecule has 28 heavy (non-hydrogen) atoms. The van der Waals surface area contributed by atoms with Crippen molar-refractivity contribution in [1.82, 2.24) is 10.3 Å². The van der Waals surface area contributed by atoms with Crippen LogP contribution < -0.4 is 10.9 Å². The van der Waals surface area contributed by atoms with E-state index in [1.165, 1.54) is 16.9 Å². The predicted molar refractivity (Wildman–Crippen MR) is 121 cm³/mol. The lowest BCUT2D eigenvalue weighted by molar-refractivity contribution is 0.477. The number of rotatable bonds is 4. The van der Waals surface area contributed by atoms with Crippen LogP contribution in [-0.2, 0) is 0 Å². The molecule has 0 aliphatic heterocycles. The molecule has 1 atom stereocenters. The van der Waals surface area contributed by atoms with Crippen molar-refractivity contribution in [3.05, 3.63) is 63.3 Å². The Morgan fingerprint density at radius 2 is 1.93 bits per heavy atom. The van der Waals surface area contributed by atoms with Crippen molar-refractivity contribution in [3.63, 3.8) is 0 Å². The van der Waals surface area contributed by atoms with Gasteiger partial charge in [-0.15, -0.1) is 23.7 Å². The normalized spacial score (nSPS) is 12.2. The molecule has 0 saturated carbocycles. The van der Waals surface area contributed by atoms with Gasteiger partial charge in [-0.05, 0) is 54.1 Å². The van der Waals surface area contributed by atoms with E-state index >= 15 is 0 Å². The summed E-state index contributed by atoms with van der Waals surface area (Å²) in [5.74, 6) is 0.642. The minimum Gasteiger partial charge on any atom is -0.507 e. The van der Waals surface area contributed by atoms with Gasteiger partial charge in [0.15, 0.2) is 0 Å². The van der Waals surface area contributed by atoms with Crippen molar-refractivity contribution in [1.29, 1.82) is 0 Å². The molecule has 0 amide bonds. The van der Waals surface area contributed by atoms with Crippen molar-refractivity contribution in [3.8, 4) is 16.9 Å². The van der Waals surface area contributed by atoms with Crippen LogP contribution in [0.5, 0.6) is 5.75 Å². The average Bonchev–Trinajstić information content (AvgIpc) is 3.14. The van der Waals surface area contributed by atoms with Crippen LogP contribution in [0.2, 0.25) is 0 Å². The van der Waals surface area contributed by atoms with Gasteiger partial charge in [-0.2, -0.15) is 0 Å². The van der Waals surface area contributed by atoms with E-state index in [0.717, 1.165) is 39.5 Å². The number of aryl methyl sites for hydroxylation is 1. The maximum atomic E-state index is 12.4. The summed E-state index contributed by atoms with van der Waals surface area (Å²) in [6, 6.07) is 12.0. The second kappa shape index (κ2) is 7.95. The number of halogens is 1. The number of benzene rings is 2. The standard InChI is InChI=1S/C22H22N2O2S.ClH/c1-12-10-17(25)18(15-6-4-14(5-7-15)13(2)11-23-3)19-16-8-9-27-21(16)22(26)24-20(12)19;/h4-10,13,23,25H,11H2,1-3H3,(H,24,26);1H. The Bertz CT molecular complexity index is 1200. The van der Waals surface area contributed by atoms with Crippen LogP contribution in [0.1, 0.15) is 24.0 Å². The van der Waals surface area contributed by atoms with E-state index in [9.17, 15) is 9.90 Å². The molecule has 0 spiro atoms. The molecule has 4 rings (SSSR count). The van der Waals surface area contributed by atoms with E-state index in [-0.39, 0.29) is 23.7 Å². The summed E-state index contributed by atoms with van der Waals surface area (Å²) in [6.07, 6.45) is 0. The maximum absolute atomic E-state index is 12.4. The molecular weight excluding hydrogens is 392 g/mol. The molecular formula is C22H23ClN2O2S. The quantitative estimate of drug-likeness (QED) is 0.431. The van der Waals surface area contributed by atoms with Crippen LogP contribution in [0.25, 0.3) is 32.1 Å². The molecule has 4 aromatic rings. The molecule has 2 aromatic heterocycles. The predicted octanol–water partition coefficient (Wildman–Crippen LogP) is 5.17. The molecule has 0 bridgehead atoms. The number of hydrogen-bond acceptors (Lipinski definition) is 4. The van der Waals surface area contributed by atoms with Crippen molar-refractivity contribution in [2.24, 2.45) is 0 Å². The maximum Gasteiger partial charge on any atom is 0.266 e. The number of thiophene rings is 1. The second-order valence-corrected chi connectivity index (χ2v) is 7.95. The van der Waals surface area contributed by atoms with Gasteiger partial charge < -0.3 is 15.4 Å². The van der Waals surface area contributed by atoms with E-state index in [1.807, 2.05) is 25.4 Å². The van der Waals surface area contributed by atoms with Gasteiger partial charge in [-0.1, -0.05) is 31.2 Å². The third-order valence-corrected chi connectivity index (χ3v) is 6.07. The van der Waals surface area contributed by atoms with E-state index in [4.69, 9.17) is 0 Å². The Kier molecular flexibility index (Phi) is 5.79. The Labute approximate surface area is 173 Å². The Hall–Kier alpha value is -2.34. The third-order valence-electron chi connectivity index (χ3n) is 5.16. The van der Waals surface area contributed by atoms with Crippen LogP contribution in [0.15, 0.2) is 46.6 Å². The molecule has 6 heteroatoms.